The zero-order valence-corrected chi connectivity index (χ0v) is 10.2. The molecule has 0 spiro atoms. The monoisotopic (exact) mass is 236 g/mol. The summed E-state index contributed by atoms with van der Waals surface area (Å²) in [6, 6.07) is 0.308. The molecular weight excluding hydrogens is 216 g/mol. The van der Waals surface area contributed by atoms with Crippen LogP contribution < -0.4 is 11.1 Å². The van der Waals surface area contributed by atoms with E-state index in [0.717, 1.165) is 19.4 Å². The highest BCUT2D eigenvalue weighted by molar-refractivity contribution is 5.92. The van der Waals surface area contributed by atoms with Crippen LogP contribution in [-0.2, 0) is 7.05 Å². The predicted octanol–water partition coefficient (Wildman–Crippen LogP) is 0.667. The van der Waals surface area contributed by atoms with Gasteiger partial charge < -0.3 is 15.6 Å². The molecule has 1 saturated carbocycles. The summed E-state index contributed by atoms with van der Waals surface area (Å²) in [7, 11) is 1.82. The van der Waals surface area contributed by atoms with Gasteiger partial charge in [-0.3, -0.25) is 4.79 Å². The first kappa shape index (κ1) is 12.1. The van der Waals surface area contributed by atoms with Crippen molar-refractivity contribution in [3.63, 3.8) is 0 Å². The Bertz CT molecular complexity index is 388. The molecule has 5 nitrogen and oxygen atoms in total. The summed E-state index contributed by atoms with van der Waals surface area (Å²) in [5, 5.41) is 2.96. The summed E-state index contributed by atoms with van der Waals surface area (Å²) >= 11 is 0. The fourth-order valence-corrected chi connectivity index (χ4v) is 2.42. The van der Waals surface area contributed by atoms with E-state index >= 15 is 0 Å². The van der Waals surface area contributed by atoms with E-state index in [4.69, 9.17) is 5.73 Å². The summed E-state index contributed by atoms with van der Waals surface area (Å²) in [5.74, 6) is 0.472. The molecule has 1 amide bonds. The lowest BCUT2D eigenvalue weighted by Gasteiger charge is -2.26. The van der Waals surface area contributed by atoms with Crippen molar-refractivity contribution in [2.75, 3.05) is 6.54 Å². The minimum atomic E-state index is -0.0517. The average Bonchev–Trinajstić information content (AvgIpc) is 2.72. The van der Waals surface area contributed by atoms with Crippen LogP contribution in [0.4, 0.5) is 0 Å². The lowest BCUT2D eigenvalue weighted by atomic mass is 9.86. The minimum absolute atomic E-state index is 0.0517. The summed E-state index contributed by atoms with van der Waals surface area (Å²) in [5.41, 5.74) is 6.53. The van der Waals surface area contributed by atoms with Gasteiger partial charge >= 0.3 is 0 Å². The highest BCUT2D eigenvalue weighted by atomic mass is 16.1. The molecule has 1 aliphatic carbocycles. The molecule has 1 aromatic heterocycles. The van der Waals surface area contributed by atoms with Gasteiger partial charge in [0.15, 0.2) is 0 Å². The molecule has 0 radical (unpaired) electrons. The van der Waals surface area contributed by atoms with Crippen LogP contribution in [-0.4, -0.2) is 28.0 Å². The molecule has 0 saturated heterocycles. The Kier molecular flexibility index (Phi) is 3.78. The maximum atomic E-state index is 11.8. The summed E-state index contributed by atoms with van der Waals surface area (Å²) in [4.78, 5) is 15.8. The van der Waals surface area contributed by atoms with Crippen molar-refractivity contribution in [3.8, 4) is 0 Å². The van der Waals surface area contributed by atoms with E-state index in [-0.39, 0.29) is 5.91 Å². The van der Waals surface area contributed by atoms with Crippen molar-refractivity contribution in [2.45, 2.75) is 31.7 Å². The predicted molar refractivity (Wildman–Crippen MR) is 65.5 cm³/mol. The highest BCUT2D eigenvalue weighted by Crippen LogP contribution is 2.22. The number of hydrogen-bond donors (Lipinski definition) is 2. The van der Waals surface area contributed by atoms with Crippen molar-refractivity contribution >= 4 is 5.91 Å². The van der Waals surface area contributed by atoms with E-state index in [1.165, 1.54) is 12.8 Å². The fourth-order valence-electron chi connectivity index (χ4n) is 2.42. The summed E-state index contributed by atoms with van der Waals surface area (Å²) in [6.45, 7) is 0.720. The minimum Gasteiger partial charge on any atom is -0.350 e. The second kappa shape index (κ2) is 5.31. The van der Waals surface area contributed by atoms with Crippen LogP contribution in [0.2, 0.25) is 0 Å². The molecule has 2 unspecified atom stereocenters. The second-order valence-corrected chi connectivity index (χ2v) is 4.89. The van der Waals surface area contributed by atoms with Gasteiger partial charge in [-0.25, -0.2) is 4.98 Å². The molecule has 94 valence electrons. The van der Waals surface area contributed by atoms with Gasteiger partial charge in [0.25, 0.3) is 5.91 Å². The Morgan fingerprint density at radius 2 is 2.47 bits per heavy atom. The number of aromatic nitrogens is 2. The lowest BCUT2D eigenvalue weighted by Crippen LogP contribution is -2.36. The molecule has 0 bridgehead atoms. The van der Waals surface area contributed by atoms with Crippen molar-refractivity contribution < 1.29 is 4.79 Å². The van der Waals surface area contributed by atoms with Gasteiger partial charge in [-0.15, -0.1) is 0 Å². The molecule has 5 heteroatoms. The zero-order valence-electron chi connectivity index (χ0n) is 10.2. The van der Waals surface area contributed by atoms with Crippen molar-refractivity contribution in [1.29, 1.82) is 0 Å². The number of carbonyl (C=O) groups excluding carboxylic acids is 1. The van der Waals surface area contributed by atoms with E-state index in [2.05, 4.69) is 10.3 Å². The molecule has 1 fully saturated rings. The number of hydrogen-bond acceptors (Lipinski definition) is 3. The number of aryl methyl sites for hydroxylation is 1. The van der Waals surface area contributed by atoms with Gasteiger partial charge in [-0.2, -0.15) is 0 Å². The van der Waals surface area contributed by atoms with Gasteiger partial charge in [0.1, 0.15) is 5.69 Å². The Morgan fingerprint density at radius 3 is 3.12 bits per heavy atom. The van der Waals surface area contributed by atoms with Gasteiger partial charge in [0.2, 0.25) is 0 Å². The smallest absolute Gasteiger partial charge is 0.269 e. The Hall–Kier alpha value is -1.36. The second-order valence-electron chi connectivity index (χ2n) is 4.89. The van der Waals surface area contributed by atoms with Crippen LogP contribution in [0, 0.1) is 5.92 Å². The number of imidazole rings is 1. The van der Waals surface area contributed by atoms with Crippen LogP contribution >= 0.6 is 0 Å². The number of amides is 1. The van der Waals surface area contributed by atoms with E-state index in [1.54, 1.807) is 17.1 Å². The molecule has 0 aliphatic heterocycles. The van der Waals surface area contributed by atoms with Crippen LogP contribution in [0.15, 0.2) is 12.5 Å². The number of nitrogens with two attached hydrogens (primary N) is 1. The van der Waals surface area contributed by atoms with E-state index in [0.29, 0.717) is 17.7 Å². The quantitative estimate of drug-likeness (QED) is 0.810. The van der Waals surface area contributed by atoms with Gasteiger partial charge in [0.05, 0.1) is 12.5 Å². The fraction of sp³-hybridized carbons (Fsp3) is 0.667. The summed E-state index contributed by atoms with van der Waals surface area (Å²) in [6.07, 6.45) is 7.69. The average molecular weight is 236 g/mol. The Morgan fingerprint density at radius 1 is 1.65 bits per heavy atom. The normalized spacial score (nSPS) is 24.6. The molecule has 3 N–H and O–H groups in total. The van der Waals surface area contributed by atoms with Crippen molar-refractivity contribution in [3.05, 3.63) is 18.2 Å². The van der Waals surface area contributed by atoms with Gasteiger partial charge in [-0.05, 0) is 25.2 Å². The topological polar surface area (TPSA) is 72.9 Å². The third-order valence-corrected chi connectivity index (χ3v) is 3.42. The van der Waals surface area contributed by atoms with E-state index in [1.807, 2.05) is 7.05 Å². The first-order chi connectivity index (χ1) is 8.16. The van der Waals surface area contributed by atoms with Gasteiger partial charge in [0, 0.05) is 19.6 Å². The van der Waals surface area contributed by atoms with Crippen LogP contribution in [0.3, 0.4) is 0 Å². The number of carbonyl (C=O) groups is 1. The van der Waals surface area contributed by atoms with Crippen molar-refractivity contribution in [2.24, 2.45) is 18.7 Å². The molecule has 1 aromatic rings. The first-order valence-electron chi connectivity index (χ1n) is 6.17. The Labute approximate surface area is 101 Å². The number of rotatable bonds is 3. The molecule has 0 aromatic carbocycles. The van der Waals surface area contributed by atoms with Gasteiger partial charge in [-0.1, -0.05) is 6.42 Å². The third-order valence-electron chi connectivity index (χ3n) is 3.42. The number of nitrogens with one attached hydrogen (secondary N) is 1. The third kappa shape index (κ3) is 3.06. The molecule has 1 aliphatic rings. The largest absolute Gasteiger partial charge is 0.350 e. The maximum Gasteiger partial charge on any atom is 0.269 e. The van der Waals surface area contributed by atoms with Crippen LogP contribution in [0.1, 0.15) is 36.2 Å². The molecule has 1 heterocycles. The van der Waals surface area contributed by atoms with Crippen molar-refractivity contribution in [1.82, 2.24) is 14.9 Å². The first-order valence-corrected chi connectivity index (χ1v) is 6.17. The maximum absolute atomic E-state index is 11.8. The Balaban J connectivity index is 1.82. The molecular formula is C12H20N4O. The zero-order chi connectivity index (χ0) is 12.3. The molecule has 2 rings (SSSR count). The molecule has 17 heavy (non-hydrogen) atoms. The van der Waals surface area contributed by atoms with E-state index in [9.17, 15) is 4.79 Å². The standard InChI is InChI=1S/C12H20N4O/c1-16-8-14-7-11(16)12(17)15-6-9-3-2-4-10(13)5-9/h7-10H,2-6,13H2,1H3,(H,15,17). The molecule has 2 atom stereocenters. The number of nitrogens with zero attached hydrogens (tertiary/aromatic N) is 2. The van der Waals surface area contributed by atoms with E-state index < -0.39 is 0 Å². The summed E-state index contributed by atoms with van der Waals surface area (Å²) < 4.78 is 1.72. The van der Waals surface area contributed by atoms with Crippen LogP contribution in [0.25, 0.3) is 0 Å². The SMILES string of the molecule is Cn1cncc1C(=O)NCC1CCCC(N)C1. The highest BCUT2D eigenvalue weighted by Gasteiger charge is 2.20. The lowest BCUT2D eigenvalue weighted by molar-refractivity contribution is 0.0934. The van der Waals surface area contributed by atoms with Crippen LogP contribution in [0.5, 0.6) is 0 Å².